The summed E-state index contributed by atoms with van der Waals surface area (Å²) in [6.07, 6.45) is 7.99. The summed E-state index contributed by atoms with van der Waals surface area (Å²) in [7, 11) is 1.62. The second kappa shape index (κ2) is 16.7. The summed E-state index contributed by atoms with van der Waals surface area (Å²) in [6.45, 7) is 9.32. The molecule has 0 aliphatic heterocycles. The van der Waals surface area contributed by atoms with E-state index in [9.17, 15) is 9.59 Å². The molecule has 1 N–H and O–H groups in total. The number of carbonyl (C=O) groups excluding carboxylic acids is 2. The third-order valence-electron chi connectivity index (χ3n) is 9.26. The first-order chi connectivity index (χ1) is 21.8. The number of hydrogen-bond donors (Lipinski definition) is 1. The van der Waals surface area contributed by atoms with E-state index in [4.69, 9.17) is 16.3 Å². The number of benzene rings is 3. The number of amides is 1. The molecule has 0 saturated heterocycles. The molecule has 4 rings (SSSR count). The van der Waals surface area contributed by atoms with Gasteiger partial charge >= 0.3 is 211 Å². The van der Waals surface area contributed by atoms with Crippen molar-refractivity contribution in [1.82, 2.24) is 9.88 Å². The van der Waals surface area contributed by atoms with Crippen LogP contribution in [0.3, 0.4) is 0 Å². The van der Waals surface area contributed by atoms with Crippen molar-refractivity contribution in [2.45, 2.75) is 92.5 Å². The van der Waals surface area contributed by atoms with E-state index in [0.717, 1.165) is 27.7 Å². The average molecular weight is 736 g/mol. The molecule has 0 radical (unpaired) electrons. The molecule has 4 aromatic rings. The Balaban J connectivity index is 1.53. The Hall–Kier alpha value is -2.77. The third-order valence-corrected chi connectivity index (χ3v) is 25.2. The fourth-order valence-electron chi connectivity index (χ4n) is 6.55. The molecule has 5 nitrogen and oxygen atoms in total. The Bertz CT molecular complexity index is 1560. The molecule has 240 valence electrons. The summed E-state index contributed by atoms with van der Waals surface area (Å²) >= 11 is 3.58. The number of nitrogens with zero attached hydrogens (tertiary/aromatic N) is 1. The van der Waals surface area contributed by atoms with Gasteiger partial charge in [0.05, 0.1) is 7.11 Å². The predicted molar refractivity (Wildman–Crippen MR) is 191 cm³/mol. The van der Waals surface area contributed by atoms with Gasteiger partial charge in [-0.15, -0.1) is 0 Å². The standard InChI is InChI=1S/C26H22ClN2O3.3C4H9.Sn/c1-17-22(15-25(30)28-16-18-6-4-3-5-7-18)23-14-21(32-2)12-13-24(23)29(17)26(31)19-8-10-20(27)11-9-19;3*1-3-4-2;/h4-14H,15-16H2,1-2H3,(H,28,30);3*1,3-4H2,2H3;. The molecule has 1 heterocycles. The fourth-order valence-corrected chi connectivity index (χ4v) is 22.6. The van der Waals surface area contributed by atoms with Crippen molar-refractivity contribution in [3.05, 3.63) is 94.1 Å². The van der Waals surface area contributed by atoms with E-state index in [1.807, 2.05) is 25.1 Å². The van der Waals surface area contributed by atoms with Crippen LogP contribution in [0.1, 0.15) is 86.5 Å². The third kappa shape index (κ3) is 8.53. The average Bonchev–Trinajstić information content (AvgIpc) is 3.33. The number of fused-ring (bicyclic) bond motifs is 1. The van der Waals surface area contributed by atoms with Gasteiger partial charge in [-0.2, -0.15) is 0 Å². The molecule has 0 unspecified atom stereocenters. The maximum absolute atomic E-state index is 13.6. The van der Waals surface area contributed by atoms with Crippen LogP contribution in [0.5, 0.6) is 5.75 Å². The molecule has 7 heteroatoms. The van der Waals surface area contributed by atoms with E-state index in [1.165, 1.54) is 51.8 Å². The molecule has 0 aliphatic rings. The zero-order valence-corrected chi connectivity index (χ0v) is 31.3. The summed E-state index contributed by atoms with van der Waals surface area (Å²) < 4.78 is 13.2. The Morgan fingerprint density at radius 1 is 0.844 bits per heavy atom. The van der Waals surface area contributed by atoms with Crippen molar-refractivity contribution >= 4 is 56.3 Å². The van der Waals surface area contributed by atoms with E-state index >= 15 is 0 Å². The minimum absolute atomic E-state index is 0.0784. The molecule has 3 aromatic carbocycles. The van der Waals surface area contributed by atoms with Gasteiger partial charge in [-0.05, 0) is 30.3 Å². The van der Waals surface area contributed by atoms with Crippen LogP contribution in [0.4, 0.5) is 0 Å². The van der Waals surface area contributed by atoms with Crippen LogP contribution in [-0.4, -0.2) is 41.9 Å². The van der Waals surface area contributed by atoms with Crippen molar-refractivity contribution in [2.75, 3.05) is 7.11 Å². The van der Waals surface area contributed by atoms with Crippen LogP contribution in [-0.2, 0) is 17.8 Å². The van der Waals surface area contributed by atoms with Crippen LogP contribution < -0.4 is 13.6 Å². The number of aromatic nitrogens is 1. The van der Waals surface area contributed by atoms with Gasteiger partial charge in [0, 0.05) is 10.6 Å². The van der Waals surface area contributed by atoms with E-state index in [0.29, 0.717) is 22.9 Å². The molecule has 45 heavy (non-hydrogen) atoms. The zero-order chi connectivity index (χ0) is 32.4. The number of carbonyl (C=O) groups is 2. The number of hydrogen-bond acceptors (Lipinski definition) is 3. The van der Waals surface area contributed by atoms with Gasteiger partial charge < -0.3 is 4.74 Å². The molecule has 0 atom stereocenters. The number of nitrogens with one attached hydrogen (secondary N) is 1. The first-order valence-electron chi connectivity index (χ1n) is 16.6. The summed E-state index contributed by atoms with van der Waals surface area (Å²) in [4.78, 5) is 27.0. The molecule has 0 saturated carbocycles. The summed E-state index contributed by atoms with van der Waals surface area (Å²) in [5.41, 5.74) is 3.96. The predicted octanol–water partition coefficient (Wildman–Crippen LogP) is 9.22. The normalized spacial score (nSPS) is 11.6. The van der Waals surface area contributed by atoms with Crippen LogP contribution >= 0.6 is 11.6 Å². The van der Waals surface area contributed by atoms with Gasteiger partial charge in [0.2, 0.25) is 0 Å². The molecule has 0 spiro atoms. The Labute approximate surface area is 278 Å². The minimum atomic E-state index is -2.48. The van der Waals surface area contributed by atoms with Crippen LogP contribution in [0.2, 0.25) is 18.3 Å². The van der Waals surface area contributed by atoms with E-state index < -0.39 is 18.4 Å². The summed E-state index contributed by atoms with van der Waals surface area (Å²) in [5.74, 6) is 0.438. The number of rotatable bonds is 16. The van der Waals surface area contributed by atoms with E-state index in [1.54, 1.807) is 39.5 Å². The molecular weight excluding hydrogens is 687 g/mol. The van der Waals surface area contributed by atoms with Gasteiger partial charge in [-0.25, -0.2) is 0 Å². The van der Waals surface area contributed by atoms with Crippen LogP contribution in [0, 0.1) is 6.92 Å². The molecule has 1 amide bonds. The monoisotopic (exact) mass is 736 g/mol. The first kappa shape index (κ1) is 35.1. The number of methoxy groups -OCH3 is 1. The molecule has 0 aliphatic carbocycles. The maximum atomic E-state index is 13.6. The van der Waals surface area contributed by atoms with Crippen molar-refractivity contribution in [3.8, 4) is 5.75 Å². The van der Waals surface area contributed by atoms with E-state index in [-0.39, 0.29) is 18.2 Å². The second-order valence-electron chi connectivity index (χ2n) is 12.3. The number of unbranched alkanes of at least 4 members (excludes halogenated alkanes) is 3. The molecule has 0 bridgehead atoms. The topological polar surface area (TPSA) is 60.3 Å². The number of ether oxygens (including phenoxy) is 1. The molecular formula is C38H49ClN2O3Sn. The van der Waals surface area contributed by atoms with Gasteiger partial charge in [-0.3, -0.25) is 4.79 Å². The second-order valence-corrected chi connectivity index (χ2v) is 26.0. The Kier molecular flexibility index (Phi) is 13.0. The Morgan fingerprint density at radius 3 is 2.00 bits per heavy atom. The number of halogens is 1. The summed E-state index contributed by atoms with van der Waals surface area (Å²) in [5, 5.41) is 4.55. The summed E-state index contributed by atoms with van der Waals surface area (Å²) in [6, 6.07) is 21.8. The Morgan fingerprint density at radius 2 is 1.44 bits per heavy atom. The van der Waals surface area contributed by atoms with Gasteiger partial charge in [0.1, 0.15) is 0 Å². The van der Waals surface area contributed by atoms with Crippen molar-refractivity contribution in [3.63, 3.8) is 0 Å². The zero-order valence-electron chi connectivity index (χ0n) is 27.7. The fraction of sp³-hybridized carbons (Fsp3) is 0.421. The molecule has 1 aromatic heterocycles. The van der Waals surface area contributed by atoms with Crippen LogP contribution in [0.25, 0.3) is 10.9 Å². The van der Waals surface area contributed by atoms with Gasteiger partial charge in [0.15, 0.2) is 0 Å². The van der Waals surface area contributed by atoms with E-state index in [2.05, 4.69) is 50.4 Å². The van der Waals surface area contributed by atoms with Crippen molar-refractivity contribution in [1.29, 1.82) is 0 Å². The van der Waals surface area contributed by atoms with Crippen LogP contribution in [0.15, 0.2) is 66.7 Å². The quantitative estimate of drug-likeness (QED) is 0.117. The van der Waals surface area contributed by atoms with Gasteiger partial charge in [0.25, 0.3) is 0 Å². The molecule has 0 fully saturated rings. The van der Waals surface area contributed by atoms with Gasteiger partial charge in [-0.1, -0.05) is 11.6 Å². The van der Waals surface area contributed by atoms with Crippen molar-refractivity contribution in [2.24, 2.45) is 0 Å². The SMILES string of the molecule is CCC[CH2][Sn]([CH2]CCC)([CH2]CCC)[c]1ccc(CNC(=O)Cc2c(C)n(C(=O)c3ccc(Cl)cc3)c3ccc(OC)cc23)cc1. The van der Waals surface area contributed by atoms with Crippen molar-refractivity contribution < 1.29 is 14.3 Å². The first-order valence-corrected chi connectivity index (χ1v) is 24.5.